The molecule has 0 radical (unpaired) electrons. The fourth-order valence-electron chi connectivity index (χ4n) is 2.61. The van der Waals surface area contributed by atoms with Gasteiger partial charge in [-0.1, -0.05) is 32.9 Å². The van der Waals surface area contributed by atoms with Crippen LogP contribution in [0.2, 0.25) is 0 Å². The maximum atomic E-state index is 12.7. The minimum atomic E-state index is -4.34. The van der Waals surface area contributed by atoms with E-state index in [-0.39, 0.29) is 5.41 Å². The van der Waals surface area contributed by atoms with Crippen molar-refractivity contribution in [2.75, 3.05) is 0 Å². The van der Waals surface area contributed by atoms with Crippen molar-refractivity contribution < 1.29 is 13.2 Å². The van der Waals surface area contributed by atoms with Gasteiger partial charge in [0.15, 0.2) is 5.65 Å². The molecule has 2 heterocycles. The molecular weight excluding hydrogens is 315 g/mol. The van der Waals surface area contributed by atoms with Crippen LogP contribution in [0.25, 0.3) is 16.9 Å². The number of alkyl halides is 3. The highest BCUT2D eigenvalue weighted by atomic mass is 19.4. The highest BCUT2D eigenvalue weighted by molar-refractivity contribution is 5.64. The predicted octanol–water partition coefficient (Wildman–Crippen LogP) is 5.02. The number of hydrogen-bond acceptors (Lipinski definition) is 2. The van der Waals surface area contributed by atoms with Gasteiger partial charge in [0.2, 0.25) is 0 Å². The number of halogens is 3. The van der Waals surface area contributed by atoms with Crippen molar-refractivity contribution in [3.8, 4) is 11.3 Å². The summed E-state index contributed by atoms with van der Waals surface area (Å²) in [5.41, 5.74) is 3.05. The van der Waals surface area contributed by atoms with Crippen LogP contribution in [0.5, 0.6) is 0 Å². The van der Waals surface area contributed by atoms with Gasteiger partial charge in [0.25, 0.3) is 0 Å². The first-order valence-corrected chi connectivity index (χ1v) is 7.61. The second-order valence-electron chi connectivity index (χ2n) is 6.92. The second-order valence-corrected chi connectivity index (χ2v) is 6.92. The molecule has 126 valence electrons. The zero-order valence-electron chi connectivity index (χ0n) is 13.9. The molecule has 3 aromatic rings. The number of fused-ring (bicyclic) bond motifs is 1. The highest BCUT2D eigenvalue weighted by Gasteiger charge is 2.30. The molecule has 0 aliphatic heterocycles. The summed E-state index contributed by atoms with van der Waals surface area (Å²) in [6.07, 6.45) is -2.52. The zero-order valence-corrected chi connectivity index (χ0v) is 13.9. The van der Waals surface area contributed by atoms with Crippen molar-refractivity contribution in [3.05, 3.63) is 53.3 Å². The molecule has 0 unspecified atom stereocenters. The third-order valence-corrected chi connectivity index (χ3v) is 3.86. The number of nitrogens with zero attached hydrogens (tertiary/aromatic N) is 3. The number of rotatable bonds is 1. The van der Waals surface area contributed by atoms with Crippen LogP contribution >= 0.6 is 0 Å². The molecule has 24 heavy (non-hydrogen) atoms. The van der Waals surface area contributed by atoms with Gasteiger partial charge in [-0.2, -0.15) is 18.3 Å². The lowest BCUT2D eigenvalue weighted by atomic mass is 9.87. The molecule has 3 rings (SSSR count). The minimum Gasteiger partial charge on any atom is -0.232 e. The van der Waals surface area contributed by atoms with E-state index < -0.39 is 11.7 Å². The molecule has 0 aliphatic carbocycles. The number of aromatic nitrogens is 3. The van der Waals surface area contributed by atoms with Crippen molar-refractivity contribution in [1.29, 1.82) is 0 Å². The molecule has 3 nitrogen and oxygen atoms in total. The molecule has 0 saturated heterocycles. The second kappa shape index (κ2) is 5.33. The van der Waals surface area contributed by atoms with Crippen molar-refractivity contribution in [3.63, 3.8) is 0 Å². The molecule has 0 N–H and O–H groups in total. The maximum Gasteiger partial charge on any atom is 0.416 e. The van der Waals surface area contributed by atoms with E-state index in [1.807, 2.05) is 19.2 Å². The maximum absolute atomic E-state index is 12.7. The summed E-state index contributed by atoms with van der Waals surface area (Å²) >= 11 is 0. The summed E-state index contributed by atoms with van der Waals surface area (Å²) in [6, 6.07) is 6.97. The quantitative estimate of drug-likeness (QED) is 0.626. The van der Waals surface area contributed by atoms with Crippen LogP contribution in [0.1, 0.15) is 37.6 Å². The van der Waals surface area contributed by atoms with Crippen LogP contribution in [0, 0.1) is 6.92 Å². The summed E-state index contributed by atoms with van der Waals surface area (Å²) in [6.45, 7) is 8.10. The Labute approximate surface area is 138 Å². The number of hydrogen-bond donors (Lipinski definition) is 0. The minimum absolute atomic E-state index is 0.164. The van der Waals surface area contributed by atoms with Crippen molar-refractivity contribution in [1.82, 2.24) is 14.6 Å². The Balaban J connectivity index is 2.16. The fraction of sp³-hybridized carbons (Fsp3) is 0.333. The largest absolute Gasteiger partial charge is 0.416 e. The van der Waals surface area contributed by atoms with E-state index >= 15 is 0 Å². The Morgan fingerprint density at radius 3 is 2.17 bits per heavy atom. The van der Waals surface area contributed by atoms with Crippen LogP contribution in [-0.4, -0.2) is 14.6 Å². The Bertz CT molecular complexity index is 885. The van der Waals surface area contributed by atoms with Crippen molar-refractivity contribution >= 4 is 5.65 Å². The SMILES string of the molecule is Cc1cn2nc(-c3ccc(C(F)(F)F)cc3)cc(C(C)(C)C)c2n1. The normalized spacial score (nSPS) is 12.8. The smallest absolute Gasteiger partial charge is 0.232 e. The zero-order chi connectivity index (χ0) is 17.7. The van der Waals surface area contributed by atoms with E-state index in [0.717, 1.165) is 29.0 Å². The molecule has 6 heteroatoms. The van der Waals surface area contributed by atoms with Gasteiger partial charge in [0.1, 0.15) is 0 Å². The third kappa shape index (κ3) is 3.00. The van der Waals surface area contributed by atoms with Crippen LogP contribution in [0.15, 0.2) is 36.5 Å². The summed E-state index contributed by atoms with van der Waals surface area (Å²) in [5, 5.41) is 4.51. The van der Waals surface area contributed by atoms with Gasteiger partial charge in [-0.05, 0) is 30.5 Å². The van der Waals surface area contributed by atoms with Crippen molar-refractivity contribution in [2.45, 2.75) is 39.3 Å². The van der Waals surface area contributed by atoms with Crippen LogP contribution < -0.4 is 0 Å². The number of imidazole rings is 1. The van der Waals surface area contributed by atoms with E-state index in [0.29, 0.717) is 11.3 Å². The number of aryl methyl sites for hydroxylation is 1. The Morgan fingerprint density at radius 1 is 1.00 bits per heavy atom. The standard InChI is InChI=1S/C18H18F3N3/c1-11-10-24-16(22-11)14(17(2,3)4)9-15(23-24)12-5-7-13(8-6-12)18(19,20)21/h5-10H,1-4H3. The van der Waals surface area contributed by atoms with Gasteiger partial charge in [0, 0.05) is 11.1 Å². The molecule has 0 amide bonds. The van der Waals surface area contributed by atoms with Crippen LogP contribution in [0.3, 0.4) is 0 Å². The summed E-state index contributed by atoms with van der Waals surface area (Å²) < 4.78 is 39.9. The predicted molar refractivity (Wildman–Crippen MR) is 86.9 cm³/mol. The topological polar surface area (TPSA) is 30.2 Å². The summed E-state index contributed by atoms with van der Waals surface area (Å²) in [4.78, 5) is 4.51. The monoisotopic (exact) mass is 333 g/mol. The van der Waals surface area contributed by atoms with E-state index in [4.69, 9.17) is 0 Å². The molecule has 0 aliphatic rings. The van der Waals surface area contributed by atoms with Gasteiger partial charge in [-0.25, -0.2) is 9.50 Å². The first kappa shape index (κ1) is 16.5. The van der Waals surface area contributed by atoms with E-state index in [2.05, 4.69) is 30.9 Å². The molecule has 0 bridgehead atoms. The lowest BCUT2D eigenvalue weighted by molar-refractivity contribution is -0.137. The first-order valence-electron chi connectivity index (χ1n) is 7.61. The van der Waals surface area contributed by atoms with E-state index in [1.165, 1.54) is 12.1 Å². The van der Waals surface area contributed by atoms with E-state index in [9.17, 15) is 13.2 Å². The van der Waals surface area contributed by atoms with Gasteiger partial charge >= 0.3 is 6.18 Å². The first-order chi connectivity index (χ1) is 11.1. The third-order valence-electron chi connectivity index (χ3n) is 3.86. The van der Waals surface area contributed by atoms with Crippen LogP contribution in [-0.2, 0) is 11.6 Å². The molecule has 0 fully saturated rings. The average Bonchev–Trinajstić information content (AvgIpc) is 2.84. The van der Waals surface area contributed by atoms with Crippen LogP contribution in [0.4, 0.5) is 13.2 Å². The lowest BCUT2D eigenvalue weighted by Gasteiger charge is -2.20. The lowest BCUT2D eigenvalue weighted by Crippen LogP contribution is -2.14. The fourth-order valence-corrected chi connectivity index (χ4v) is 2.61. The molecule has 0 spiro atoms. The van der Waals surface area contributed by atoms with Gasteiger partial charge < -0.3 is 0 Å². The average molecular weight is 333 g/mol. The van der Waals surface area contributed by atoms with Gasteiger partial charge in [-0.3, -0.25) is 0 Å². The molecule has 0 atom stereocenters. The highest BCUT2D eigenvalue weighted by Crippen LogP contribution is 2.32. The van der Waals surface area contributed by atoms with E-state index in [1.54, 1.807) is 4.52 Å². The molecular formula is C18H18F3N3. The molecule has 2 aromatic heterocycles. The Hall–Kier alpha value is -2.37. The molecule has 0 saturated carbocycles. The van der Waals surface area contributed by atoms with Gasteiger partial charge in [0.05, 0.1) is 23.1 Å². The summed E-state index contributed by atoms with van der Waals surface area (Å²) in [5.74, 6) is 0. The Kier molecular flexibility index (Phi) is 3.66. The molecule has 1 aromatic carbocycles. The summed E-state index contributed by atoms with van der Waals surface area (Å²) in [7, 11) is 0. The van der Waals surface area contributed by atoms with Crippen molar-refractivity contribution in [2.24, 2.45) is 0 Å². The number of benzene rings is 1. The van der Waals surface area contributed by atoms with Gasteiger partial charge in [-0.15, -0.1) is 0 Å². The Morgan fingerprint density at radius 2 is 1.62 bits per heavy atom.